The highest BCUT2D eigenvalue weighted by Gasteiger charge is 2.13. The molecule has 0 aliphatic rings. The number of benzene rings is 1. The van der Waals surface area contributed by atoms with E-state index >= 15 is 0 Å². The minimum atomic E-state index is -1.95. The largest absolute Gasteiger partial charge is 0.707 e. The molecule has 0 aromatic heterocycles. The zero-order valence-corrected chi connectivity index (χ0v) is 10.3. The molecular formula is C11H14BNO6. The second kappa shape index (κ2) is 7.40. The van der Waals surface area contributed by atoms with Gasteiger partial charge in [0, 0.05) is 12.1 Å². The molecular weight excluding hydrogens is 253 g/mol. The molecule has 0 bridgehead atoms. The van der Waals surface area contributed by atoms with Crippen LogP contribution in [0.2, 0.25) is 0 Å². The first-order valence-electron chi connectivity index (χ1n) is 5.51. The molecule has 0 fully saturated rings. The van der Waals surface area contributed by atoms with Gasteiger partial charge in [-0.25, -0.2) is 0 Å². The zero-order chi connectivity index (χ0) is 14.3. The highest BCUT2D eigenvalue weighted by atomic mass is 16.6. The molecule has 0 atom stereocenters. The zero-order valence-electron chi connectivity index (χ0n) is 10.3. The van der Waals surface area contributed by atoms with E-state index < -0.39 is 19.2 Å². The number of carbonyl (C=O) groups excluding carboxylic acids is 2. The Morgan fingerprint density at radius 2 is 2.11 bits per heavy atom. The van der Waals surface area contributed by atoms with E-state index in [4.69, 9.17) is 10.0 Å². The maximum atomic E-state index is 11.7. The summed E-state index contributed by atoms with van der Waals surface area (Å²) in [6.07, 6.45) is 0.0772. The molecule has 0 heterocycles. The third kappa shape index (κ3) is 5.41. The van der Waals surface area contributed by atoms with Gasteiger partial charge in [-0.05, 0) is 18.2 Å². The van der Waals surface area contributed by atoms with E-state index in [0.29, 0.717) is 0 Å². The molecule has 0 unspecified atom stereocenters. The number of ether oxygens (including phenoxy) is 1. The Morgan fingerprint density at radius 3 is 2.74 bits per heavy atom. The SMILES string of the molecule is COC(=O)CCNC(=O)c1cccc(OB(O)O)c1. The minimum absolute atomic E-state index is 0.0772. The van der Waals surface area contributed by atoms with E-state index in [9.17, 15) is 9.59 Å². The first kappa shape index (κ1) is 15.0. The van der Waals surface area contributed by atoms with Crippen LogP contribution in [-0.4, -0.2) is 42.9 Å². The maximum Gasteiger partial charge on any atom is 0.707 e. The number of methoxy groups -OCH3 is 1. The summed E-state index contributed by atoms with van der Waals surface area (Å²) >= 11 is 0. The lowest BCUT2D eigenvalue weighted by molar-refractivity contribution is -0.140. The van der Waals surface area contributed by atoms with Crippen LogP contribution in [0, 0.1) is 0 Å². The van der Waals surface area contributed by atoms with Gasteiger partial charge in [-0.3, -0.25) is 9.59 Å². The molecule has 0 saturated carbocycles. The molecule has 1 aromatic carbocycles. The molecule has 0 spiro atoms. The Bertz CT molecular complexity index is 451. The van der Waals surface area contributed by atoms with Gasteiger partial charge in [-0.15, -0.1) is 0 Å². The molecule has 0 saturated heterocycles. The van der Waals surface area contributed by atoms with Gasteiger partial charge < -0.3 is 24.8 Å². The Hall–Kier alpha value is -2.06. The fourth-order valence-electron chi connectivity index (χ4n) is 1.31. The van der Waals surface area contributed by atoms with Crippen molar-refractivity contribution in [3.63, 3.8) is 0 Å². The Labute approximate surface area is 110 Å². The summed E-state index contributed by atoms with van der Waals surface area (Å²) in [5.74, 6) is -0.668. The highest BCUT2D eigenvalue weighted by molar-refractivity contribution is 6.33. The van der Waals surface area contributed by atoms with Crippen LogP contribution in [0.1, 0.15) is 16.8 Å². The highest BCUT2D eigenvalue weighted by Crippen LogP contribution is 2.13. The molecule has 0 radical (unpaired) electrons. The van der Waals surface area contributed by atoms with Crippen LogP contribution >= 0.6 is 0 Å². The summed E-state index contributed by atoms with van der Waals surface area (Å²) < 4.78 is 9.06. The van der Waals surface area contributed by atoms with Crippen LogP contribution in [0.4, 0.5) is 0 Å². The average molecular weight is 267 g/mol. The van der Waals surface area contributed by atoms with Crippen molar-refractivity contribution in [3.05, 3.63) is 29.8 Å². The van der Waals surface area contributed by atoms with Crippen LogP contribution in [0.25, 0.3) is 0 Å². The number of hydrogen-bond donors (Lipinski definition) is 3. The molecule has 1 aromatic rings. The van der Waals surface area contributed by atoms with Crippen molar-refractivity contribution in [2.24, 2.45) is 0 Å². The number of nitrogens with one attached hydrogen (secondary N) is 1. The van der Waals surface area contributed by atoms with Crippen LogP contribution < -0.4 is 9.97 Å². The van der Waals surface area contributed by atoms with Crippen LogP contribution in [-0.2, 0) is 9.53 Å². The first-order chi connectivity index (χ1) is 9.02. The summed E-state index contributed by atoms with van der Waals surface area (Å²) in [5.41, 5.74) is 0.281. The third-order valence-corrected chi connectivity index (χ3v) is 2.18. The Kier molecular flexibility index (Phi) is 5.84. The van der Waals surface area contributed by atoms with Crippen LogP contribution in [0.3, 0.4) is 0 Å². The standard InChI is InChI=1S/C11H14BNO6/c1-18-10(14)5-6-13-11(15)8-3-2-4-9(7-8)19-12(16)17/h2-4,7,16-17H,5-6H2,1H3,(H,13,15). The second-order valence-corrected chi connectivity index (χ2v) is 3.55. The van der Waals surface area contributed by atoms with Gasteiger partial charge in [-0.1, -0.05) is 6.07 Å². The maximum absolute atomic E-state index is 11.7. The Balaban J connectivity index is 2.54. The van der Waals surface area contributed by atoms with Crippen molar-refractivity contribution in [3.8, 4) is 5.75 Å². The lowest BCUT2D eigenvalue weighted by Gasteiger charge is -2.07. The molecule has 3 N–H and O–H groups in total. The van der Waals surface area contributed by atoms with E-state index in [1.54, 1.807) is 0 Å². The number of hydrogen-bond acceptors (Lipinski definition) is 6. The summed E-state index contributed by atoms with van der Waals surface area (Å²) in [7, 11) is -0.678. The average Bonchev–Trinajstić information content (AvgIpc) is 2.37. The predicted molar refractivity (Wildman–Crippen MR) is 66.2 cm³/mol. The van der Waals surface area contributed by atoms with E-state index in [-0.39, 0.29) is 24.3 Å². The predicted octanol–water partition coefficient (Wildman–Crippen LogP) is -0.672. The fourth-order valence-corrected chi connectivity index (χ4v) is 1.31. The van der Waals surface area contributed by atoms with Gasteiger partial charge in [0.2, 0.25) is 0 Å². The summed E-state index contributed by atoms with van der Waals surface area (Å²) in [5, 5.41) is 19.8. The molecule has 1 rings (SSSR count). The molecule has 7 nitrogen and oxygen atoms in total. The lowest BCUT2D eigenvalue weighted by atomic mass is 10.2. The minimum Gasteiger partial charge on any atom is -0.512 e. The summed E-state index contributed by atoms with van der Waals surface area (Å²) in [6, 6.07) is 5.90. The van der Waals surface area contributed by atoms with Crippen LogP contribution in [0.15, 0.2) is 24.3 Å². The van der Waals surface area contributed by atoms with Gasteiger partial charge in [0.05, 0.1) is 13.5 Å². The van der Waals surface area contributed by atoms with E-state index in [1.165, 1.54) is 31.4 Å². The normalized spacial score (nSPS) is 9.63. The summed E-state index contributed by atoms with van der Waals surface area (Å²) in [4.78, 5) is 22.6. The van der Waals surface area contributed by atoms with Gasteiger partial charge in [0.1, 0.15) is 5.75 Å². The van der Waals surface area contributed by atoms with Crippen molar-refractivity contribution >= 4 is 19.2 Å². The number of esters is 1. The van der Waals surface area contributed by atoms with E-state index in [2.05, 4.69) is 14.7 Å². The van der Waals surface area contributed by atoms with Gasteiger partial charge >= 0.3 is 13.3 Å². The van der Waals surface area contributed by atoms with E-state index in [0.717, 1.165) is 0 Å². The molecule has 0 aliphatic heterocycles. The van der Waals surface area contributed by atoms with Crippen molar-refractivity contribution < 1.29 is 29.0 Å². The fraction of sp³-hybridized carbons (Fsp3) is 0.273. The van der Waals surface area contributed by atoms with Gasteiger partial charge in [-0.2, -0.15) is 0 Å². The van der Waals surface area contributed by atoms with Gasteiger partial charge in [0.15, 0.2) is 0 Å². The van der Waals surface area contributed by atoms with Crippen LogP contribution in [0.5, 0.6) is 5.75 Å². The molecule has 19 heavy (non-hydrogen) atoms. The van der Waals surface area contributed by atoms with Crippen molar-refractivity contribution in [2.45, 2.75) is 6.42 Å². The second-order valence-electron chi connectivity index (χ2n) is 3.55. The molecule has 8 heteroatoms. The monoisotopic (exact) mass is 267 g/mol. The van der Waals surface area contributed by atoms with Crippen molar-refractivity contribution in [1.82, 2.24) is 5.32 Å². The third-order valence-electron chi connectivity index (χ3n) is 2.18. The van der Waals surface area contributed by atoms with Gasteiger partial charge in [0.25, 0.3) is 5.91 Å². The number of amides is 1. The first-order valence-corrected chi connectivity index (χ1v) is 5.51. The molecule has 0 aliphatic carbocycles. The topological polar surface area (TPSA) is 105 Å². The van der Waals surface area contributed by atoms with E-state index in [1.807, 2.05) is 0 Å². The number of carbonyl (C=O) groups is 2. The lowest BCUT2D eigenvalue weighted by Crippen LogP contribution is -2.26. The quantitative estimate of drug-likeness (QED) is 0.466. The summed E-state index contributed by atoms with van der Waals surface area (Å²) in [6.45, 7) is 0.152. The molecule has 1 amide bonds. The van der Waals surface area contributed by atoms with Crippen molar-refractivity contribution in [2.75, 3.05) is 13.7 Å². The smallest absolute Gasteiger partial charge is 0.512 e. The number of rotatable bonds is 6. The van der Waals surface area contributed by atoms with Crippen molar-refractivity contribution in [1.29, 1.82) is 0 Å². The molecule has 102 valence electrons. The Morgan fingerprint density at radius 1 is 1.37 bits per heavy atom.